The first-order valence-electron chi connectivity index (χ1n) is 7.85. The number of hydrogen-bond acceptors (Lipinski definition) is 4. The van der Waals surface area contributed by atoms with Crippen molar-refractivity contribution in [2.45, 2.75) is 18.8 Å². The van der Waals surface area contributed by atoms with Gasteiger partial charge >= 0.3 is 0 Å². The lowest BCUT2D eigenvalue weighted by Crippen LogP contribution is -2.06. The zero-order valence-electron chi connectivity index (χ0n) is 13.9. The van der Waals surface area contributed by atoms with E-state index in [1.54, 1.807) is 20.3 Å². The van der Waals surface area contributed by atoms with Crippen LogP contribution in [-0.4, -0.2) is 45.2 Å². The van der Waals surface area contributed by atoms with Crippen molar-refractivity contribution in [2.75, 3.05) is 14.1 Å². The van der Waals surface area contributed by atoms with Crippen LogP contribution in [0.5, 0.6) is 0 Å². The van der Waals surface area contributed by atoms with Crippen molar-refractivity contribution in [3.05, 3.63) is 46.1 Å². The summed E-state index contributed by atoms with van der Waals surface area (Å²) in [5.74, 6) is 1.52. The number of carbonyl (C=O) groups is 1. The molecule has 1 fully saturated rings. The maximum Gasteiger partial charge on any atom is 0.213 e. The highest BCUT2D eigenvalue weighted by molar-refractivity contribution is 7.71. The van der Waals surface area contributed by atoms with E-state index in [2.05, 4.69) is 15.1 Å². The molecule has 0 spiro atoms. The number of aromatic nitrogens is 4. The molecule has 1 aromatic carbocycles. The van der Waals surface area contributed by atoms with Gasteiger partial charge in [-0.2, -0.15) is 0 Å². The number of benzene rings is 1. The summed E-state index contributed by atoms with van der Waals surface area (Å²) in [5.41, 5.74) is 1.88. The first kappa shape index (κ1) is 17.6. The van der Waals surface area contributed by atoms with Crippen LogP contribution in [0, 0.1) is 4.77 Å². The van der Waals surface area contributed by atoms with Crippen molar-refractivity contribution < 1.29 is 4.79 Å². The summed E-state index contributed by atoms with van der Waals surface area (Å²) >= 11 is 11.2. The summed E-state index contributed by atoms with van der Waals surface area (Å²) in [4.78, 5) is 19.7. The number of amides is 1. The molecule has 1 aliphatic rings. The number of hydrogen-bond donors (Lipinski definition) is 1. The molecule has 0 unspecified atom stereocenters. The largest absolute Gasteiger partial charge is 0.351 e. The summed E-state index contributed by atoms with van der Waals surface area (Å²) in [7, 11) is 3.38. The molecular weight excluding hydrogens is 358 g/mol. The van der Waals surface area contributed by atoms with Crippen LogP contribution in [0.1, 0.15) is 24.6 Å². The van der Waals surface area contributed by atoms with Crippen LogP contribution in [0.15, 0.2) is 30.5 Å². The fourth-order valence-corrected chi connectivity index (χ4v) is 2.78. The smallest absolute Gasteiger partial charge is 0.213 e. The van der Waals surface area contributed by atoms with Gasteiger partial charge in [0, 0.05) is 36.6 Å². The quantitative estimate of drug-likeness (QED) is 0.559. The van der Waals surface area contributed by atoms with Gasteiger partial charge in [0.05, 0.1) is 11.2 Å². The third-order valence-corrected chi connectivity index (χ3v) is 4.15. The molecular formula is C17H18ClN5OS. The lowest BCUT2D eigenvalue weighted by Gasteiger charge is -2.09. The van der Waals surface area contributed by atoms with Gasteiger partial charge in [0.15, 0.2) is 0 Å². The topological polar surface area (TPSA) is 66.8 Å². The second-order valence-electron chi connectivity index (χ2n) is 6.06. The highest BCUT2D eigenvalue weighted by atomic mass is 35.5. The molecule has 2 aromatic heterocycles. The number of carbonyl (C=O) groups excluding carboxylic acids is 1. The zero-order valence-corrected chi connectivity index (χ0v) is 15.5. The first-order chi connectivity index (χ1) is 12.0. The Morgan fingerprint density at radius 1 is 1.36 bits per heavy atom. The fraction of sp³-hybridized carbons (Fsp3) is 0.294. The SMILES string of the molecule is CN(C)C=O.S=c1nc(C2CC2)n(-c2ccnc3cc(Cl)ccc23)[nH]1. The number of halogens is 1. The number of aromatic amines is 1. The Hall–Kier alpha value is -2.25. The molecule has 1 saturated carbocycles. The molecule has 1 N–H and O–H groups in total. The van der Waals surface area contributed by atoms with Crippen molar-refractivity contribution in [2.24, 2.45) is 0 Å². The number of fused-ring (bicyclic) bond motifs is 1. The van der Waals surface area contributed by atoms with Gasteiger partial charge in [-0.25, -0.2) is 9.67 Å². The van der Waals surface area contributed by atoms with Gasteiger partial charge in [-0.1, -0.05) is 11.6 Å². The summed E-state index contributed by atoms with van der Waals surface area (Å²) in [6, 6.07) is 7.68. The van der Waals surface area contributed by atoms with Gasteiger partial charge < -0.3 is 4.90 Å². The van der Waals surface area contributed by atoms with E-state index in [1.165, 1.54) is 17.7 Å². The van der Waals surface area contributed by atoms with Gasteiger partial charge in [-0.15, -0.1) is 0 Å². The van der Waals surface area contributed by atoms with E-state index in [4.69, 9.17) is 23.8 Å². The Bertz CT molecular complexity index is 961. The number of pyridine rings is 1. The van der Waals surface area contributed by atoms with Crippen molar-refractivity contribution in [1.82, 2.24) is 24.6 Å². The van der Waals surface area contributed by atoms with Crippen LogP contribution in [-0.2, 0) is 4.79 Å². The highest BCUT2D eigenvalue weighted by Gasteiger charge is 2.29. The van der Waals surface area contributed by atoms with Gasteiger partial charge in [-0.05, 0) is 49.3 Å². The minimum Gasteiger partial charge on any atom is -0.351 e. The Balaban J connectivity index is 0.000000324. The second-order valence-corrected chi connectivity index (χ2v) is 6.88. The van der Waals surface area contributed by atoms with Gasteiger partial charge in [-0.3, -0.25) is 14.9 Å². The van der Waals surface area contributed by atoms with Gasteiger partial charge in [0.2, 0.25) is 11.2 Å². The van der Waals surface area contributed by atoms with E-state index < -0.39 is 0 Å². The molecule has 1 amide bonds. The van der Waals surface area contributed by atoms with Crippen LogP contribution >= 0.6 is 23.8 Å². The monoisotopic (exact) mass is 375 g/mol. The summed E-state index contributed by atoms with van der Waals surface area (Å²) in [6.07, 6.45) is 4.88. The molecule has 0 radical (unpaired) electrons. The Labute approximate surface area is 155 Å². The maximum absolute atomic E-state index is 9.43. The Morgan fingerprint density at radius 3 is 2.72 bits per heavy atom. The van der Waals surface area contributed by atoms with Crippen molar-refractivity contribution in [1.29, 1.82) is 0 Å². The molecule has 0 saturated heterocycles. The lowest BCUT2D eigenvalue weighted by molar-refractivity contribution is -0.115. The molecule has 3 aromatic rings. The summed E-state index contributed by atoms with van der Waals surface area (Å²) in [6.45, 7) is 0. The average Bonchev–Trinajstić information content (AvgIpc) is 3.36. The molecule has 4 rings (SSSR count). The molecule has 8 heteroatoms. The van der Waals surface area contributed by atoms with Crippen LogP contribution in [0.3, 0.4) is 0 Å². The van der Waals surface area contributed by atoms with E-state index in [-0.39, 0.29) is 0 Å². The zero-order chi connectivity index (χ0) is 18.0. The first-order valence-corrected chi connectivity index (χ1v) is 8.63. The van der Waals surface area contributed by atoms with Crippen LogP contribution in [0.25, 0.3) is 16.6 Å². The number of nitrogens with zero attached hydrogens (tertiary/aromatic N) is 4. The second kappa shape index (κ2) is 7.33. The summed E-state index contributed by atoms with van der Waals surface area (Å²) in [5, 5.41) is 4.86. The van der Waals surface area contributed by atoms with Gasteiger partial charge in [0.1, 0.15) is 5.82 Å². The standard InChI is InChI=1S/C14H11ClN4S.C3H7NO/c15-9-3-4-10-11(7-9)16-6-5-12(10)19-13(8-1-2-8)17-14(20)18-19;1-4(2)3-5/h3-8H,1-2H2,(H,18,20);3H,1-2H3. The molecule has 1 aliphatic carbocycles. The Morgan fingerprint density at radius 2 is 2.08 bits per heavy atom. The van der Waals surface area contributed by atoms with Crippen LogP contribution in [0.4, 0.5) is 0 Å². The average molecular weight is 376 g/mol. The molecule has 0 aliphatic heterocycles. The van der Waals surface area contributed by atoms with Crippen LogP contribution in [0.2, 0.25) is 5.02 Å². The maximum atomic E-state index is 9.43. The van der Waals surface area contributed by atoms with Crippen molar-refractivity contribution >= 4 is 41.1 Å². The lowest BCUT2D eigenvalue weighted by atomic mass is 10.2. The number of rotatable bonds is 3. The molecule has 130 valence electrons. The van der Waals surface area contributed by atoms with Crippen LogP contribution < -0.4 is 0 Å². The van der Waals surface area contributed by atoms with Crippen molar-refractivity contribution in [3.8, 4) is 5.69 Å². The molecule has 6 nitrogen and oxygen atoms in total. The van der Waals surface area contributed by atoms with E-state index in [9.17, 15) is 4.79 Å². The summed E-state index contributed by atoms with van der Waals surface area (Å²) < 4.78 is 2.50. The normalized spacial score (nSPS) is 13.2. The van der Waals surface area contributed by atoms with E-state index in [1.807, 2.05) is 28.9 Å². The third-order valence-electron chi connectivity index (χ3n) is 3.73. The molecule has 25 heavy (non-hydrogen) atoms. The number of H-pyrrole nitrogens is 1. The highest BCUT2D eigenvalue weighted by Crippen LogP contribution is 2.40. The third kappa shape index (κ3) is 4.05. The fourth-order valence-electron chi connectivity index (χ4n) is 2.43. The minimum atomic E-state index is 0.512. The minimum absolute atomic E-state index is 0.512. The predicted octanol–water partition coefficient (Wildman–Crippen LogP) is 3.71. The van der Waals surface area contributed by atoms with E-state index in [0.717, 1.165) is 28.8 Å². The van der Waals surface area contributed by atoms with E-state index >= 15 is 0 Å². The molecule has 0 atom stereocenters. The molecule has 0 bridgehead atoms. The molecule has 2 heterocycles. The van der Waals surface area contributed by atoms with Gasteiger partial charge in [0.25, 0.3) is 0 Å². The predicted molar refractivity (Wildman–Crippen MR) is 101 cm³/mol. The van der Waals surface area contributed by atoms with Crippen molar-refractivity contribution in [3.63, 3.8) is 0 Å². The van der Waals surface area contributed by atoms with E-state index in [0.29, 0.717) is 15.7 Å². The Kier molecular flexibility index (Phi) is 5.15. The number of nitrogens with one attached hydrogen (secondary N) is 1.